The summed E-state index contributed by atoms with van der Waals surface area (Å²) >= 11 is 5.56. The van der Waals surface area contributed by atoms with Gasteiger partial charge >= 0.3 is 0 Å². The van der Waals surface area contributed by atoms with Crippen LogP contribution in [0.4, 0.5) is 15.8 Å². The van der Waals surface area contributed by atoms with Crippen molar-refractivity contribution in [2.24, 2.45) is 0 Å². The third-order valence-corrected chi connectivity index (χ3v) is 4.18. The van der Waals surface area contributed by atoms with Crippen molar-refractivity contribution in [3.05, 3.63) is 63.4 Å². The number of sulfonamides is 1. The van der Waals surface area contributed by atoms with Gasteiger partial charge in [-0.25, -0.2) is 12.8 Å². The molecule has 0 saturated carbocycles. The number of rotatable bonds is 4. The van der Waals surface area contributed by atoms with E-state index in [0.717, 1.165) is 18.2 Å². The molecule has 0 aliphatic heterocycles. The number of hydrogen-bond donors (Lipinski definition) is 1. The summed E-state index contributed by atoms with van der Waals surface area (Å²) in [4.78, 5) is 9.67. The number of halogens is 2. The van der Waals surface area contributed by atoms with Crippen LogP contribution in [-0.4, -0.2) is 13.3 Å². The minimum atomic E-state index is -4.03. The highest BCUT2D eigenvalue weighted by molar-refractivity contribution is 7.92. The molecule has 0 atom stereocenters. The second-order valence-electron chi connectivity index (χ2n) is 3.99. The Kier molecular flexibility index (Phi) is 4.10. The monoisotopic (exact) mass is 330 g/mol. The first-order chi connectivity index (χ1) is 9.79. The highest BCUT2D eigenvalue weighted by Gasteiger charge is 2.18. The second kappa shape index (κ2) is 5.66. The first-order valence-electron chi connectivity index (χ1n) is 5.52. The topological polar surface area (TPSA) is 89.3 Å². The molecular formula is C12H8ClFN2O4S. The molecule has 0 heterocycles. The molecule has 0 saturated heterocycles. The smallest absolute Gasteiger partial charge is 0.270 e. The molecule has 110 valence electrons. The summed E-state index contributed by atoms with van der Waals surface area (Å²) in [5.74, 6) is -0.685. The molecular weight excluding hydrogens is 323 g/mol. The predicted octanol–water partition coefficient (Wildman–Crippen LogP) is 3.19. The Labute approximate surface area is 124 Å². The number of anilines is 1. The van der Waals surface area contributed by atoms with E-state index in [2.05, 4.69) is 4.72 Å². The molecule has 0 aromatic heterocycles. The van der Waals surface area contributed by atoms with Gasteiger partial charge in [-0.05, 0) is 24.3 Å². The van der Waals surface area contributed by atoms with Gasteiger partial charge < -0.3 is 0 Å². The summed E-state index contributed by atoms with van der Waals surface area (Å²) in [6, 6.07) is 7.86. The maximum Gasteiger partial charge on any atom is 0.270 e. The maximum atomic E-state index is 13.0. The van der Waals surface area contributed by atoms with Gasteiger partial charge in [-0.15, -0.1) is 0 Å². The minimum Gasteiger partial charge on any atom is -0.280 e. The normalized spacial score (nSPS) is 11.1. The summed E-state index contributed by atoms with van der Waals surface area (Å²) < 4.78 is 39.4. The third-order valence-electron chi connectivity index (χ3n) is 2.51. The first kappa shape index (κ1) is 15.2. The van der Waals surface area contributed by atoms with Crippen molar-refractivity contribution in [2.45, 2.75) is 4.90 Å². The van der Waals surface area contributed by atoms with Gasteiger partial charge in [-0.2, -0.15) is 0 Å². The van der Waals surface area contributed by atoms with E-state index in [9.17, 15) is 22.9 Å². The molecule has 6 nitrogen and oxygen atoms in total. The summed E-state index contributed by atoms with van der Waals surface area (Å²) in [5, 5.41) is 10.4. The zero-order valence-corrected chi connectivity index (χ0v) is 11.9. The van der Waals surface area contributed by atoms with Crippen LogP contribution in [0.2, 0.25) is 5.02 Å². The summed E-state index contributed by atoms with van der Waals surface area (Å²) in [6.45, 7) is 0. The molecule has 9 heteroatoms. The van der Waals surface area contributed by atoms with E-state index in [4.69, 9.17) is 11.6 Å². The molecule has 0 aliphatic rings. The molecule has 2 aromatic carbocycles. The van der Waals surface area contributed by atoms with Crippen LogP contribution < -0.4 is 4.72 Å². The fourth-order valence-corrected chi connectivity index (χ4v) is 2.81. The number of benzene rings is 2. The van der Waals surface area contributed by atoms with Crippen molar-refractivity contribution in [3.8, 4) is 0 Å². The van der Waals surface area contributed by atoms with E-state index >= 15 is 0 Å². The SMILES string of the molecule is O=[N+]([O-])c1cccc(S(=O)(=O)Nc2ccc(F)c(Cl)c2)c1. The van der Waals surface area contributed by atoms with E-state index in [-0.39, 0.29) is 21.3 Å². The van der Waals surface area contributed by atoms with Crippen LogP contribution in [0.1, 0.15) is 0 Å². The lowest BCUT2D eigenvalue weighted by molar-refractivity contribution is -0.385. The Morgan fingerprint density at radius 2 is 1.90 bits per heavy atom. The van der Waals surface area contributed by atoms with Gasteiger partial charge in [0, 0.05) is 12.1 Å². The lowest BCUT2D eigenvalue weighted by atomic mass is 10.3. The highest BCUT2D eigenvalue weighted by atomic mass is 35.5. The Hall–Kier alpha value is -2.19. The van der Waals surface area contributed by atoms with E-state index in [1.807, 2.05) is 0 Å². The summed E-state index contributed by atoms with van der Waals surface area (Å²) in [5.41, 5.74) is -0.303. The fourth-order valence-electron chi connectivity index (χ4n) is 1.54. The lowest BCUT2D eigenvalue weighted by Gasteiger charge is -2.08. The molecule has 21 heavy (non-hydrogen) atoms. The van der Waals surface area contributed by atoms with E-state index < -0.39 is 20.8 Å². The average Bonchev–Trinajstić information content (AvgIpc) is 2.43. The molecule has 2 rings (SSSR count). The minimum absolute atomic E-state index is 0.0490. The Bertz CT molecular complexity index is 811. The van der Waals surface area contributed by atoms with Crippen LogP contribution in [-0.2, 0) is 10.0 Å². The molecule has 0 fully saturated rings. The summed E-state index contributed by atoms with van der Waals surface area (Å²) in [6.07, 6.45) is 0. The van der Waals surface area contributed by atoms with Crippen LogP contribution in [0.15, 0.2) is 47.4 Å². The van der Waals surface area contributed by atoms with Crippen LogP contribution >= 0.6 is 11.6 Å². The number of nitro benzene ring substituents is 1. The van der Waals surface area contributed by atoms with E-state index in [0.29, 0.717) is 0 Å². The third kappa shape index (κ3) is 3.47. The van der Waals surface area contributed by atoms with Crippen molar-refractivity contribution in [2.75, 3.05) is 4.72 Å². The fraction of sp³-hybridized carbons (Fsp3) is 0. The Morgan fingerprint density at radius 3 is 2.52 bits per heavy atom. The van der Waals surface area contributed by atoms with E-state index in [1.54, 1.807) is 0 Å². The second-order valence-corrected chi connectivity index (χ2v) is 6.08. The van der Waals surface area contributed by atoms with Gasteiger partial charge in [0.1, 0.15) is 5.82 Å². The van der Waals surface area contributed by atoms with Crippen molar-refractivity contribution in [1.82, 2.24) is 0 Å². The molecule has 0 radical (unpaired) electrons. The Morgan fingerprint density at radius 1 is 1.19 bits per heavy atom. The number of nitrogens with one attached hydrogen (secondary N) is 1. The van der Waals surface area contributed by atoms with Crippen molar-refractivity contribution >= 4 is 33.0 Å². The Balaban J connectivity index is 2.36. The van der Waals surface area contributed by atoms with Gasteiger partial charge in [0.2, 0.25) is 0 Å². The highest BCUT2D eigenvalue weighted by Crippen LogP contribution is 2.23. The van der Waals surface area contributed by atoms with Crippen molar-refractivity contribution < 1.29 is 17.7 Å². The molecule has 1 N–H and O–H groups in total. The number of hydrogen-bond acceptors (Lipinski definition) is 4. The van der Waals surface area contributed by atoms with Crippen LogP contribution in [0.3, 0.4) is 0 Å². The van der Waals surface area contributed by atoms with Crippen molar-refractivity contribution in [3.63, 3.8) is 0 Å². The largest absolute Gasteiger partial charge is 0.280 e. The average molecular weight is 331 g/mol. The van der Waals surface area contributed by atoms with Gasteiger partial charge in [-0.1, -0.05) is 17.7 Å². The van der Waals surface area contributed by atoms with Crippen molar-refractivity contribution in [1.29, 1.82) is 0 Å². The molecule has 0 amide bonds. The van der Waals surface area contributed by atoms with Gasteiger partial charge in [0.05, 0.1) is 20.5 Å². The van der Waals surface area contributed by atoms with E-state index in [1.165, 1.54) is 24.3 Å². The standard InChI is InChI=1S/C12H8ClFN2O4S/c13-11-6-8(4-5-12(11)14)15-21(19,20)10-3-1-2-9(7-10)16(17)18/h1-7,15H. The lowest BCUT2D eigenvalue weighted by Crippen LogP contribution is -2.13. The van der Waals surface area contributed by atoms with Gasteiger partial charge in [0.25, 0.3) is 15.7 Å². The maximum absolute atomic E-state index is 13.0. The van der Waals surface area contributed by atoms with Gasteiger partial charge in [-0.3, -0.25) is 14.8 Å². The summed E-state index contributed by atoms with van der Waals surface area (Å²) in [7, 11) is -4.03. The van der Waals surface area contributed by atoms with Gasteiger partial charge in [0.15, 0.2) is 0 Å². The van der Waals surface area contributed by atoms with Crippen LogP contribution in [0.25, 0.3) is 0 Å². The zero-order valence-electron chi connectivity index (χ0n) is 10.3. The molecule has 0 bridgehead atoms. The quantitative estimate of drug-likeness (QED) is 0.688. The molecule has 0 aliphatic carbocycles. The first-order valence-corrected chi connectivity index (χ1v) is 7.38. The predicted molar refractivity (Wildman–Crippen MR) is 75.3 cm³/mol. The molecule has 0 unspecified atom stereocenters. The van der Waals surface area contributed by atoms with Crippen LogP contribution in [0.5, 0.6) is 0 Å². The number of nitrogens with zero attached hydrogens (tertiary/aromatic N) is 1. The zero-order chi connectivity index (χ0) is 15.6. The number of non-ortho nitro benzene ring substituents is 1. The molecule has 2 aromatic rings. The molecule has 0 spiro atoms. The number of nitro groups is 1. The van der Waals surface area contributed by atoms with Crippen LogP contribution in [0, 0.1) is 15.9 Å².